The summed E-state index contributed by atoms with van der Waals surface area (Å²) in [4.78, 5) is 24.5. The van der Waals surface area contributed by atoms with Gasteiger partial charge in [0.2, 0.25) is 0 Å². The lowest BCUT2D eigenvalue weighted by atomic mass is 10.1. The normalized spacial score (nSPS) is 10.3. The van der Waals surface area contributed by atoms with Crippen molar-refractivity contribution in [2.75, 3.05) is 23.7 Å². The zero-order chi connectivity index (χ0) is 23.3. The van der Waals surface area contributed by atoms with Gasteiger partial charge in [-0.2, -0.15) is 0 Å². The molecule has 0 aliphatic rings. The lowest BCUT2D eigenvalue weighted by molar-refractivity contribution is 0.251. The van der Waals surface area contributed by atoms with Crippen molar-refractivity contribution in [3.63, 3.8) is 0 Å². The molecule has 4 amide bonds. The molecule has 0 atom stereocenters. The van der Waals surface area contributed by atoms with E-state index in [1.807, 2.05) is 55.5 Å². The van der Waals surface area contributed by atoms with Gasteiger partial charge in [-0.25, -0.2) is 9.59 Å². The second-order valence-corrected chi connectivity index (χ2v) is 7.97. The van der Waals surface area contributed by atoms with Crippen LogP contribution in [0.5, 0.6) is 0 Å². The van der Waals surface area contributed by atoms with E-state index in [1.165, 1.54) is 11.1 Å². The number of hydrogen-bond acceptors (Lipinski definition) is 2. The first kappa shape index (κ1) is 23.9. The van der Waals surface area contributed by atoms with Crippen LogP contribution in [0, 0.1) is 6.92 Å². The van der Waals surface area contributed by atoms with Crippen molar-refractivity contribution in [2.24, 2.45) is 0 Å². The van der Waals surface area contributed by atoms with Gasteiger partial charge in [-0.15, -0.1) is 0 Å². The third-order valence-corrected chi connectivity index (χ3v) is 5.28. The van der Waals surface area contributed by atoms with E-state index in [0.29, 0.717) is 24.5 Å². The van der Waals surface area contributed by atoms with Crippen LogP contribution >= 0.6 is 0 Å². The molecule has 0 fully saturated rings. The summed E-state index contributed by atoms with van der Waals surface area (Å²) in [7, 11) is 0. The molecule has 0 saturated heterocycles. The molecule has 0 unspecified atom stereocenters. The molecule has 6 heteroatoms. The third-order valence-electron chi connectivity index (χ3n) is 5.28. The Labute approximate surface area is 195 Å². The highest BCUT2D eigenvalue weighted by molar-refractivity contribution is 5.93. The summed E-state index contributed by atoms with van der Waals surface area (Å²) < 4.78 is 0. The van der Waals surface area contributed by atoms with Crippen LogP contribution in [0.25, 0.3) is 0 Å². The van der Waals surface area contributed by atoms with Gasteiger partial charge < -0.3 is 21.3 Å². The highest BCUT2D eigenvalue weighted by Crippen LogP contribution is 2.20. The Morgan fingerprint density at radius 2 is 1.18 bits per heavy atom. The van der Waals surface area contributed by atoms with Crippen molar-refractivity contribution in [1.29, 1.82) is 0 Å². The summed E-state index contributed by atoms with van der Waals surface area (Å²) in [5.41, 5.74) is 4.72. The van der Waals surface area contributed by atoms with Gasteiger partial charge in [0, 0.05) is 24.5 Å². The molecule has 172 valence electrons. The smallest absolute Gasteiger partial charge is 0.319 e. The number of benzene rings is 3. The minimum absolute atomic E-state index is 0.256. The molecule has 0 aromatic heterocycles. The number of urea groups is 2. The lowest BCUT2D eigenvalue weighted by Crippen LogP contribution is -2.31. The van der Waals surface area contributed by atoms with Crippen molar-refractivity contribution in [3.05, 3.63) is 95.6 Å². The molecule has 0 aliphatic carbocycles. The van der Waals surface area contributed by atoms with Crippen molar-refractivity contribution < 1.29 is 9.59 Å². The minimum atomic E-state index is -0.261. The predicted molar refractivity (Wildman–Crippen MR) is 135 cm³/mol. The summed E-state index contributed by atoms with van der Waals surface area (Å²) >= 11 is 0. The van der Waals surface area contributed by atoms with Crippen LogP contribution in [-0.4, -0.2) is 25.2 Å². The SMILES string of the molecule is Cc1ccc(NC(=O)NCCCc2ccccc2)cc1NC(=O)NCCCc1ccccc1. The van der Waals surface area contributed by atoms with Crippen LogP contribution in [0.1, 0.15) is 29.5 Å². The number of carbonyl (C=O) groups excluding carboxylic acids is 2. The fourth-order valence-electron chi connectivity index (χ4n) is 3.45. The fraction of sp³-hybridized carbons (Fsp3) is 0.259. The highest BCUT2D eigenvalue weighted by Gasteiger charge is 2.07. The van der Waals surface area contributed by atoms with Crippen LogP contribution < -0.4 is 21.3 Å². The number of rotatable bonds is 10. The number of anilines is 2. The maximum absolute atomic E-state index is 12.3. The van der Waals surface area contributed by atoms with Gasteiger partial charge >= 0.3 is 12.1 Å². The Morgan fingerprint density at radius 1 is 0.667 bits per heavy atom. The molecule has 0 radical (unpaired) electrons. The van der Waals surface area contributed by atoms with E-state index < -0.39 is 0 Å². The fourth-order valence-corrected chi connectivity index (χ4v) is 3.45. The van der Waals surface area contributed by atoms with Gasteiger partial charge in [-0.1, -0.05) is 66.7 Å². The molecule has 3 rings (SSSR count). The summed E-state index contributed by atoms with van der Waals surface area (Å²) in [6.45, 7) is 3.09. The number of carbonyl (C=O) groups is 2. The van der Waals surface area contributed by atoms with Crippen LogP contribution in [0.3, 0.4) is 0 Å². The first-order valence-electron chi connectivity index (χ1n) is 11.4. The van der Waals surface area contributed by atoms with Crippen molar-refractivity contribution in [1.82, 2.24) is 10.6 Å². The zero-order valence-corrected chi connectivity index (χ0v) is 19.1. The average molecular weight is 445 g/mol. The quantitative estimate of drug-likeness (QED) is 0.311. The Kier molecular flexibility index (Phi) is 9.33. The molecule has 0 spiro atoms. The maximum Gasteiger partial charge on any atom is 0.319 e. The third kappa shape index (κ3) is 8.69. The summed E-state index contributed by atoms with van der Waals surface area (Å²) in [5, 5.41) is 11.5. The monoisotopic (exact) mass is 444 g/mol. The lowest BCUT2D eigenvalue weighted by Gasteiger charge is -2.13. The van der Waals surface area contributed by atoms with Gasteiger partial charge in [0.1, 0.15) is 0 Å². The van der Waals surface area contributed by atoms with Gasteiger partial charge in [0.25, 0.3) is 0 Å². The number of hydrogen-bond donors (Lipinski definition) is 4. The van der Waals surface area contributed by atoms with Gasteiger partial charge in [0.15, 0.2) is 0 Å². The predicted octanol–water partition coefficient (Wildman–Crippen LogP) is 5.50. The summed E-state index contributed by atoms with van der Waals surface area (Å²) in [6.07, 6.45) is 3.56. The van der Waals surface area contributed by atoms with E-state index in [1.54, 1.807) is 6.07 Å². The Morgan fingerprint density at radius 3 is 1.73 bits per heavy atom. The second kappa shape index (κ2) is 12.9. The minimum Gasteiger partial charge on any atom is -0.338 e. The summed E-state index contributed by atoms with van der Waals surface area (Å²) in [6, 6.07) is 25.3. The van der Waals surface area contributed by atoms with Gasteiger partial charge in [-0.05, 0) is 61.4 Å². The Balaban J connectivity index is 1.38. The van der Waals surface area contributed by atoms with Crippen LogP contribution in [0.15, 0.2) is 78.9 Å². The average Bonchev–Trinajstić information content (AvgIpc) is 2.83. The molecular formula is C27H32N4O2. The first-order valence-corrected chi connectivity index (χ1v) is 11.4. The number of amides is 4. The second-order valence-electron chi connectivity index (χ2n) is 7.97. The molecule has 3 aromatic carbocycles. The molecular weight excluding hydrogens is 412 g/mol. The van der Waals surface area contributed by atoms with E-state index in [-0.39, 0.29) is 12.1 Å². The topological polar surface area (TPSA) is 82.3 Å². The van der Waals surface area contributed by atoms with E-state index >= 15 is 0 Å². The van der Waals surface area contributed by atoms with Crippen molar-refractivity contribution in [3.8, 4) is 0 Å². The van der Waals surface area contributed by atoms with Gasteiger partial charge in [-0.3, -0.25) is 0 Å². The van der Waals surface area contributed by atoms with Crippen molar-refractivity contribution >= 4 is 23.4 Å². The summed E-state index contributed by atoms with van der Waals surface area (Å²) in [5.74, 6) is 0. The molecule has 0 saturated carbocycles. The van der Waals surface area contributed by atoms with Crippen LogP contribution in [0.4, 0.5) is 21.0 Å². The molecule has 0 bridgehead atoms. The van der Waals surface area contributed by atoms with Crippen LogP contribution in [-0.2, 0) is 12.8 Å². The van der Waals surface area contributed by atoms with E-state index in [9.17, 15) is 9.59 Å². The van der Waals surface area contributed by atoms with Crippen molar-refractivity contribution in [2.45, 2.75) is 32.6 Å². The first-order chi connectivity index (χ1) is 16.1. The molecule has 4 N–H and O–H groups in total. The standard InChI is InChI=1S/C27H32N4O2/c1-21-16-17-24(30-26(32)28-18-8-14-22-10-4-2-5-11-22)20-25(21)31-27(33)29-19-9-15-23-12-6-3-7-13-23/h2-7,10-13,16-17,20H,8-9,14-15,18-19H2,1H3,(H2,28,30,32)(H2,29,31,33). The largest absolute Gasteiger partial charge is 0.338 e. The number of aryl methyl sites for hydroxylation is 3. The van der Waals surface area contributed by atoms with E-state index in [4.69, 9.17) is 0 Å². The maximum atomic E-state index is 12.3. The Bertz CT molecular complexity index is 1020. The molecule has 33 heavy (non-hydrogen) atoms. The molecule has 0 aliphatic heterocycles. The molecule has 3 aromatic rings. The molecule has 0 heterocycles. The number of nitrogens with one attached hydrogen (secondary N) is 4. The van der Waals surface area contributed by atoms with E-state index in [0.717, 1.165) is 31.2 Å². The van der Waals surface area contributed by atoms with E-state index in [2.05, 4.69) is 45.5 Å². The van der Waals surface area contributed by atoms with Gasteiger partial charge in [0.05, 0.1) is 0 Å². The Hall–Kier alpha value is -3.80. The zero-order valence-electron chi connectivity index (χ0n) is 19.1. The highest BCUT2D eigenvalue weighted by atomic mass is 16.2. The molecule has 6 nitrogen and oxygen atoms in total. The van der Waals surface area contributed by atoms with Crippen LogP contribution in [0.2, 0.25) is 0 Å².